The van der Waals surface area contributed by atoms with Gasteiger partial charge in [-0.05, 0) is 60.2 Å². The van der Waals surface area contributed by atoms with Gasteiger partial charge in [0.05, 0.1) is 12.6 Å². The summed E-state index contributed by atoms with van der Waals surface area (Å²) in [4.78, 5) is 21.5. The Bertz CT molecular complexity index is 1380. The van der Waals surface area contributed by atoms with E-state index in [2.05, 4.69) is 38.7 Å². The summed E-state index contributed by atoms with van der Waals surface area (Å²) in [5, 5.41) is 10.6. The van der Waals surface area contributed by atoms with Crippen molar-refractivity contribution in [1.29, 1.82) is 0 Å². The second kappa shape index (κ2) is 12.1. The molecule has 1 amide bonds. The first-order chi connectivity index (χ1) is 19.6. The van der Waals surface area contributed by atoms with Crippen molar-refractivity contribution in [3.05, 3.63) is 95.1 Å². The number of ether oxygens (including phenoxy) is 1. The van der Waals surface area contributed by atoms with Crippen LogP contribution in [0.5, 0.6) is 5.75 Å². The Labute approximate surface area is 236 Å². The number of benzene rings is 3. The summed E-state index contributed by atoms with van der Waals surface area (Å²) in [6, 6.07) is 24.4. The fourth-order valence-corrected chi connectivity index (χ4v) is 5.85. The number of hydrogen-bond acceptors (Lipinski definition) is 5. The highest BCUT2D eigenvalue weighted by atomic mass is 16.5. The number of fused-ring (bicyclic) bond motifs is 1. The van der Waals surface area contributed by atoms with Gasteiger partial charge in [0, 0.05) is 50.4 Å². The number of amides is 1. The lowest BCUT2D eigenvalue weighted by Gasteiger charge is -2.30. The molecule has 1 N–H and O–H groups in total. The Morgan fingerprint density at radius 2 is 1.73 bits per heavy atom. The van der Waals surface area contributed by atoms with E-state index < -0.39 is 6.10 Å². The molecule has 40 heavy (non-hydrogen) atoms. The zero-order valence-corrected chi connectivity index (χ0v) is 22.9. The average Bonchev–Trinajstić information content (AvgIpc) is 3.69. The summed E-state index contributed by atoms with van der Waals surface area (Å²) in [5.41, 5.74) is 5.69. The lowest BCUT2D eigenvalue weighted by molar-refractivity contribution is -0.472. The highest BCUT2D eigenvalue weighted by Gasteiger charge is 2.26. The van der Waals surface area contributed by atoms with Gasteiger partial charge in [-0.25, -0.2) is 4.99 Å². The minimum atomic E-state index is -0.549. The van der Waals surface area contributed by atoms with E-state index in [0.29, 0.717) is 6.54 Å². The Balaban J connectivity index is 0.993. The molecule has 0 radical (unpaired) electrons. The molecule has 1 saturated heterocycles. The van der Waals surface area contributed by atoms with E-state index in [9.17, 15) is 9.90 Å². The van der Waals surface area contributed by atoms with Gasteiger partial charge < -0.3 is 14.7 Å². The lowest BCUT2D eigenvalue weighted by Crippen LogP contribution is -2.38. The zero-order valence-electron chi connectivity index (χ0n) is 22.9. The van der Waals surface area contributed by atoms with Crippen molar-refractivity contribution in [3.63, 3.8) is 0 Å². The van der Waals surface area contributed by atoms with Gasteiger partial charge in [-0.2, -0.15) is 4.58 Å². The fourth-order valence-electron chi connectivity index (χ4n) is 5.85. The SMILES string of the molecule is O=C(c1ccc(CC2N=CC=[N+]2c2ccc(OCC(O)CN3CCc4ccccc4C3)cc2)cc1)N1CCCC1. The predicted molar refractivity (Wildman–Crippen MR) is 157 cm³/mol. The topological polar surface area (TPSA) is 68.4 Å². The molecule has 206 valence electrons. The Kier molecular flexibility index (Phi) is 8.02. The summed E-state index contributed by atoms with van der Waals surface area (Å²) < 4.78 is 8.07. The van der Waals surface area contributed by atoms with Crippen LogP contribution in [-0.2, 0) is 19.4 Å². The molecule has 0 aliphatic carbocycles. The molecule has 7 heteroatoms. The van der Waals surface area contributed by atoms with E-state index in [4.69, 9.17) is 4.74 Å². The third kappa shape index (κ3) is 6.16. The third-order valence-corrected chi connectivity index (χ3v) is 8.07. The zero-order chi connectivity index (χ0) is 27.3. The fraction of sp³-hybridized carbons (Fsp3) is 0.364. The smallest absolute Gasteiger partial charge is 0.255 e. The molecule has 7 nitrogen and oxygen atoms in total. The van der Waals surface area contributed by atoms with Crippen molar-refractivity contribution < 1.29 is 19.2 Å². The first-order valence-electron chi connectivity index (χ1n) is 14.4. The Morgan fingerprint density at radius 1 is 0.975 bits per heavy atom. The van der Waals surface area contributed by atoms with Crippen LogP contribution in [0.1, 0.15) is 39.9 Å². The number of β-amino-alcohol motifs (C(OH)–C–C–N with tert-alkyl or cyclic N) is 1. The van der Waals surface area contributed by atoms with Gasteiger partial charge in [-0.15, -0.1) is 0 Å². The molecular weight excluding hydrogens is 500 g/mol. The molecule has 6 rings (SSSR count). The number of carbonyl (C=O) groups is 1. The van der Waals surface area contributed by atoms with Crippen molar-refractivity contribution in [2.75, 3.05) is 32.8 Å². The van der Waals surface area contributed by atoms with E-state index in [1.54, 1.807) is 0 Å². The standard InChI is InChI=1S/C33H37N4O3/c38-30(23-35-19-15-26-5-1-2-6-28(26)22-35)24-40-31-13-11-29(12-14-31)37-20-16-34-32(37)21-25-7-9-27(10-8-25)33(39)36-17-3-4-18-36/h1-2,5-14,16,20,30,32,38H,3-4,15,17-19,21-24H2/q+1. The molecule has 2 unspecified atom stereocenters. The maximum atomic E-state index is 12.6. The highest BCUT2D eigenvalue weighted by molar-refractivity contribution is 6.14. The minimum absolute atomic E-state index is 0.0385. The van der Waals surface area contributed by atoms with Crippen LogP contribution in [0, 0.1) is 0 Å². The summed E-state index contributed by atoms with van der Waals surface area (Å²) in [6.07, 6.45) is 7.21. The monoisotopic (exact) mass is 537 g/mol. The first kappa shape index (κ1) is 26.4. The summed E-state index contributed by atoms with van der Waals surface area (Å²) in [6.45, 7) is 4.41. The van der Waals surface area contributed by atoms with Crippen LogP contribution in [0.15, 0.2) is 77.8 Å². The summed E-state index contributed by atoms with van der Waals surface area (Å²) in [7, 11) is 0. The number of aliphatic imine (C=N–C) groups is 1. The van der Waals surface area contributed by atoms with Crippen LogP contribution in [0.3, 0.4) is 0 Å². The van der Waals surface area contributed by atoms with Gasteiger partial charge in [-0.3, -0.25) is 9.69 Å². The van der Waals surface area contributed by atoms with Gasteiger partial charge >= 0.3 is 0 Å². The van der Waals surface area contributed by atoms with Gasteiger partial charge in [0.1, 0.15) is 18.5 Å². The maximum Gasteiger partial charge on any atom is 0.255 e. The quantitative estimate of drug-likeness (QED) is 0.418. The summed E-state index contributed by atoms with van der Waals surface area (Å²) in [5.74, 6) is 0.867. The van der Waals surface area contributed by atoms with Crippen LogP contribution in [0.25, 0.3) is 0 Å². The predicted octanol–water partition coefficient (Wildman–Crippen LogP) is 4.09. The van der Waals surface area contributed by atoms with Crippen molar-refractivity contribution >= 4 is 24.0 Å². The first-order valence-corrected chi connectivity index (χ1v) is 14.4. The third-order valence-electron chi connectivity index (χ3n) is 8.07. The molecule has 3 aromatic carbocycles. The highest BCUT2D eigenvalue weighted by Crippen LogP contribution is 2.24. The van der Waals surface area contributed by atoms with Crippen molar-refractivity contribution in [2.45, 2.75) is 44.5 Å². The number of nitrogens with zero attached hydrogens (tertiary/aromatic N) is 4. The number of likely N-dealkylation sites (tertiary alicyclic amines) is 1. The number of carbonyl (C=O) groups excluding carboxylic acids is 1. The molecular formula is C33H37N4O3+. The van der Waals surface area contributed by atoms with E-state index in [1.807, 2.05) is 65.9 Å². The molecule has 3 aromatic rings. The van der Waals surface area contributed by atoms with Crippen LogP contribution < -0.4 is 4.74 Å². The Morgan fingerprint density at radius 3 is 2.50 bits per heavy atom. The van der Waals surface area contributed by atoms with Crippen molar-refractivity contribution in [2.24, 2.45) is 4.99 Å². The van der Waals surface area contributed by atoms with Gasteiger partial charge in [0.15, 0.2) is 6.21 Å². The molecule has 3 heterocycles. The van der Waals surface area contributed by atoms with E-state index in [1.165, 1.54) is 11.1 Å². The molecule has 0 spiro atoms. The summed E-state index contributed by atoms with van der Waals surface area (Å²) >= 11 is 0. The number of rotatable bonds is 9. The van der Waals surface area contributed by atoms with Gasteiger partial charge in [0.2, 0.25) is 5.69 Å². The minimum Gasteiger partial charge on any atom is -0.491 e. The van der Waals surface area contributed by atoms with Crippen molar-refractivity contribution in [3.8, 4) is 5.75 Å². The van der Waals surface area contributed by atoms with Crippen LogP contribution in [-0.4, -0.2) is 82.9 Å². The second-order valence-corrected chi connectivity index (χ2v) is 10.9. The van der Waals surface area contributed by atoms with Crippen LogP contribution in [0.2, 0.25) is 0 Å². The second-order valence-electron chi connectivity index (χ2n) is 10.9. The van der Waals surface area contributed by atoms with Crippen LogP contribution in [0.4, 0.5) is 5.69 Å². The van der Waals surface area contributed by atoms with Gasteiger partial charge in [-0.1, -0.05) is 36.4 Å². The number of aliphatic hydroxyl groups is 1. The largest absolute Gasteiger partial charge is 0.491 e. The molecule has 3 aliphatic heterocycles. The molecule has 0 bridgehead atoms. The van der Waals surface area contributed by atoms with Crippen LogP contribution >= 0.6 is 0 Å². The average molecular weight is 538 g/mol. The number of aliphatic hydroxyl groups excluding tert-OH is 1. The molecule has 3 aliphatic rings. The van der Waals surface area contributed by atoms with E-state index in [-0.39, 0.29) is 18.7 Å². The molecule has 0 aromatic heterocycles. The molecule has 2 atom stereocenters. The normalized spacial score (nSPS) is 19.4. The van der Waals surface area contributed by atoms with E-state index in [0.717, 1.165) is 74.4 Å². The van der Waals surface area contributed by atoms with Crippen molar-refractivity contribution in [1.82, 2.24) is 9.80 Å². The maximum absolute atomic E-state index is 12.6. The Hall–Kier alpha value is -3.81. The molecule has 1 fully saturated rings. The van der Waals surface area contributed by atoms with Gasteiger partial charge in [0.25, 0.3) is 12.1 Å². The van der Waals surface area contributed by atoms with E-state index >= 15 is 0 Å². The number of hydrogen-bond donors (Lipinski definition) is 1. The lowest BCUT2D eigenvalue weighted by atomic mass is 10.00. The molecule has 0 saturated carbocycles.